The summed E-state index contributed by atoms with van der Waals surface area (Å²) in [5, 5.41) is 16.2. The Bertz CT molecular complexity index is 694. The van der Waals surface area contributed by atoms with Crippen LogP contribution in [0.4, 0.5) is 5.69 Å². The maximum absolute atomic E-state index is 12.3. The lowest BCUT2D eigenvalue weighted by molar-refractivity contribution is 0.102. The molecule has 1 aromatic carbocycles. The molecule has 0 aliphatic heterocycles. The lowest BCUT2D eigenvalue weighted by Crippen LogP contribution is -2.14. The number of aromatic nitrogens is 2. The van der Waals surface area contributed by atoms with E-state index < -0.39 is 0 Å². The Hall–Kier alpha value is -2.61. The summed E-state index contributed by atoms with van der Waals surface area (Å²) in [6.07, 6.45) is 2.37. The van der Waals surface area contributed by atoms with Crippen LogP contribution in [0, 0.1) is 18.3 Å². The van der Waals surface area contributed by atoms with E-state index in [1.165, 1.54) is 0 Å². The molecule has 2 aromatic rings. The number of aryl methyl sites for hydroxylation is 3. The number of nitrogens with one attached hydrogen (secondary N) is 1. The van der Waals surface area contributed by atoms with Crippen molar-refractivity contribution in [2.75, 3.05) is 5.32 Å². The summed E-state index contributed by atoms with van der Waals surface area (Å²) in [4.78, 5) is 12.3. The highest BCUT2D eigenvalue weighted by molar-refractivity contribution is 6.05. The standard InChI is InChI=1S/C15H16N4O/c1-4-13-12(9-19(3)18-13)15(20)17-14-7-5-6-10(2)11(14)8-16/h5-7,9H,4H2,1-3H3,(H,17,20). The second kappa shape index (κ2) is 5.57. The van der Waals surface area contributed by atoms with Crippen LogP contribution in [-0.2, 0) is 13.5 Å². The molecule has 0 aliphatic carbocycles. The van der Waals surface area contributed by atoms with Crippen molar-refractivity contribution in [3.8, 4) is 6.07 Å². The molecule has 102 valence electrons. The molecular weight excluding hydrogens is 252 g/mol. The highest BCUT2D eigenvalue weighted by atomic mass is 16.1. The van der Waals surface area contributed by atoms with Gasteiger partial charge in [-0.25, -0.2) is 0 Å². The number of nitrogens with zero attached hydrogens (tertiary/aromatic N) is 3. The molecule has 20 heavy (non-hydrogen) atoms. The van der Waals surface area contributed by atoms with Crippen LogP contribution < -0.4 is 5.32 Å². The van der Waals surface area contributed by atoms with Gasteiger partial charge in [-0.05, 0) is 25.0 Å². The van der Waals surface area contributed by atoms with E-state index >= 15 is 0 Å². The number of benzene rings is 1. The van der Waals surface area contributed by atoms with Crippen LogP contribution in [0.2, 0.25) is 0 Å². The molecule has 0 saturated heterocycles. The topological polar surface area (TPSA) is 70.7 Å². The molecule has 0 spiro atoms. The van der Waals surface area contributed by atoms with Crippen LogP contribution in [0.15, 0.2) is 24.4 Å². The Balaban J connectivity index is 2.33. The van der Waals surface area contributed by atoms with Gasteiger partial charge < -0.3 is 5.32 Å². The van der Waals surface area contributed by atoms with Crippen molar-refractivity contribution in [3.05, 3.63) is 46.8 Å². The van der Waals surface area contributed by atoms with Crippen molar-refractivity contribution in [2.45, 2.75) is 20.3 Å². The second-order valence-electron chi connectivity index (χ2n) is 4.58. The summed E-state index contributed by atoms with van der Waals surface area (Å²) in [7, 11) is 1.78. The van der Waals surface area contributed by atoms with Crippen LogP contribution in [0.5, 0.6) is 0 Å². The molecule has 1 heterocycles. The molecule has 5 nitrogen and oxygen atoms in total. The molecule has 0 aliphatic rings. The summed E-state index contributed by atoms with van der Waals surface area (Å²) in [6.45, 7) is 3.79. The number of hydrogen-bond acceptors (Lipinski definition) is 3. The van der Waals surface area contributed by atoms with Crippen molar-refractivity contribution < 1.29 is 4.79 Å². The monoisotopic (exact) mass is 268 g/mol. The van der Waals surface area contributed by atoms with Gasteiger partial charge in [-0.15, -0.1) is 0 Å². The molecule has 0 unspecified atom stereocenters. The Morgan fingerprint density at radius 1 is 1.50 bits per heavy atom. The average Bonchev–Trinajstić information content (AvgIpc) is 2.80. The van der Waals surface area contributed by atoms with Gasteiger partial charge in [0.05, 0.1) is 22.5 Å². The predicted molar refractivity (Wildman–Crippen MR) is 76.4 cm³/mol. The first-order valence-electron chi connectivity index (χ1n) is 6.40. The third kappa shape index (κ3) is 2.54. The molecule has 5 heteroatoms. The maximum Gasteiger partial charge on any atom is 0.259 e. The fraction of sp³-hybridized carbons (Fsp3) is 0.267. The predicted octanol–water partition coefficient (Wildman–Crippen LogP) is 2.41. The van der Waals surface area contributed by atoms with Gasteiger partial charge in [0.2, 0.25) is 0 Å². The van der Waals surface area contributed by atoms with Gasteiger partial charge in [-0.1, -0.05) is 19.1 Å². The van der Waals surface area contributed by atoms with Crippen LogP contribution in [0.1, 0.15) is 34.1 Å². The van der Waals surface area contributed by atoms with Crippen LogP contribution in [0.25, 0.3) is 0 Å². The highest BCUT2D eigenvalue weighted by Crippen LogP contribution is 2.19. The van der Waals surface area contributed by atoms with Gasteiger partial charge in [0, 0.05) is 13.2 Å². The molecule has 0 radical (unpaired) electrons. The van der Waals surface area contributed by atoms with Crippen LogP contribution in [0.3, 0.4) is 0 Å². The quantitative estimate of drug-likeness (QED) is 0.929. The van der Waals surface area contributed by atoms with Crippen LogP contribution in [-0.4, -0.2) is 15.7 Å². The third-order valence-corrected chi connectivity index (χ3v) is 3.12. The molecule has 0 bridgehead atoms. The van der Waals surface area contributed by atoms with Crippen molar-refractivity contribution in [3.63, 3.8) is 0 Å². The first kappa shape index (κ1) is 13.8. The van der Waals surface area contributed by atoms with E-state index in [-0.39, 0.29) is 5.91 Å². The Morgan fingerprint density at radius 2 is 2.25 bits per heavy atom. The van der Waals surface area contributed by atoms with Gasteiger partial charge in [-0.3, -0.25) is 9.48 Å². The minimum atomic E-state index is -0.239. The summed E-state index contributed by atoms with van der Waals surface area (Å²) in [5.41, 5.74) is 3.15. The highest BCUT2D eigenvalue weighted by Gasteiger charge is 2.16. The number of carbonyl (C=O) groups is 1. The van der Waals surface area contributed by atoms with Crippen LogP contribution >= 0.6 is 0 Å². The largest absolute Gasteiger partial charge is 0.321 e. The van der Waals surface area contributed by atoms with Gasteiger partial charge in [-0.2, -0.15) is 10.4 Å². The van der Waals surface area contributed by atoms with Gasteiger partial charge in [0.15, 0.2) is 0 Å². The van der Waals surface area contributed by atoms with Crippen molar-refractivity contribution in [1.29, 1.82) is 5.26 Å². The molecule has 1 amide bonds. The smallest absolute Gasteiger partial charge is 0.259 e. The van der Waals surface area contributed by atoms with Gasteiger partial charge in [0.25, 0.3) is 5.91 Å². The SMILES string of the molecule is CCc1nn(C)cc1C(=O)Nc1cccc(C)c1C#N. The molecule has 2 rings (SSSR count). The zero-order chi connectivity index (χ0) is 14.7. The molecule has 1 aromatic heterocycles. The number of amides is 1. The van der Waals surface area contributed by atoms with E-state index in [0.29, 0.717) is 23.2 Å². The van der Waals surface area contributed by atoms with Gasteiger partial charge in [0.1, 0.15) is 6.07 Å². The Morgan fingerprint density at radius 3 is 2.90 bits per heavy atom. The minimum absolute atomic E-state index is 0.239. The van der Waals surface area contributed by atoms with Gasteiger partial charge >= 0.3 is 0 Å². The lowest BCUT2D eigenvalue weighted by Gasteiger charge is -2.08. The van der Waals surface area contributed by atoms with E-state index in [4.69, 9.17) is 5.26 Å². The molecule has 0 fully saturated rings. The number of anilines is 1. The summed E-state index contributed by atoms with van der Waals surface area (Å²) >= 11 is 0. The Labute approximate surface area is 117 Å². The fourth-order valence-electron chi connectivity index (χ4n) is 2.10. The number of hydrogen-bond donors (Lipinski definition) is 1. The second-order valence-corrected chi connectivity index (χ2v) is 4.58. The molecule has 0 saturated carbocycles. The minimum Gasteiger partial charge on any atom is -0.321 e. The summed E-state index contributed by atoms with van der Waals surface area (Å²) in [5.74, 6) is -0.239. The normalized spacial score (nSPS) is 10.1. The average molecular weight is 268 g/mol. The molecule has 0 atom stereocenters. The maximum atomic E-state index is 12.3. The Kier molecular flexibility index (Phi) is 3.85. The zero-order valence-electron chi connectivity index (χ0n) is 11.8. The zero-order valence-corrected chi connectivity index (χ0v) is 11.8. The van der Waals surface area contributed by atoms with Crippen molar-refractivity contribution >= 4 is 11.6 Å². The molecule has 1 N–H and O–H groups in total. The lowest BCUT2D eigenvalue weighted by atomic mass is 10.1. The summed E-state index contributed by atoms with van der Waals surface area (Å²) in [6, 6.07) is 7.50. The number of rotatable bonds is 3. The number of nitriles is 1. The van der Waals surface area contributed by atoms with E-state index in [1.807, 2.05) is 26.0 Å². The summed E-state index contributed by atoms with van der Waals surface area (Å²) < 4.78 is 1.62. The number of carbonyl (C=O) groups excluding carboxylic acids is 1. The third-order valence-electron chi connectivity index (χ3n) is 3.12. The van der Waals surface area contributed by atoms with Crippen molar-refractivity contribution in [1.82, 2.24) is 9.78 Å². The fourth-order valence-corrected chi connectivity index (χ4v) is 2.10. The molecular formula is C15H16N4O. The van der Waals surface area contributed by atoms with Crippen molar-refractivity contribution in [2.24, 2.45) is 7.05 Å². The van der Waals surface area contributed by atoms with E-state index in [0.717, 1.165) is 11.3 Å². The van der Waals surface area contributed by atoms with E-state index in [1.54, 1.807) is 24.0 Å². The first-order chi connectivity index (χ1) is 9.56. The van der Waals surface area contributed by atoms with E-state index in [2.05, 4.69) is 16.5 Å². The first-order valence-corrected chi connectivity index (χ1v) is 6.40. The van der Waals surface area contributed by atoms with E-state index in [9.17, 15) is 4.79 Å².